The highest BCUT2D eigenvalue weighted by molar-refractivity contribution is 6.24. The van der Waals surface area contributed by atoms with E-state index < -0.39 is 0 Å². The Labute approximate surface area is 248 Å². The Kier molecular flexibility index (Phi) is 33.8. The maximum Gasteiger partial charge on any atom is 0.0475 e. The molecule has 0 rings (SSSR count). The molecular formula is C36H76ClN. The molecule has 0 aliphatic heterocycles. The lowest BCUT2D eigenvalue weighted by Gasteiger charge is -2.37. The van der Waals surface area contributed by atoms with E-state index in [1.165, 1.54) is 193 Å². The van der Waals surface area contributed by atoms with Gasteiger partial charge >= 0.3 is 0 Å². The van der Waals surface area contributed by atoms with Gasteiger partial charge in [-0.15, -0.1) is 11.6 Å². The second kappa shape index (κ2) is 31.8. The Morgan fingerprint density at radius 1 is 0.368 bits per heavy atom. The van der Waals surface area contributed by atoms with E-state index in [-0.39, 0.29) is 11.0 Å². The van der Waals surface area contributed by atoms with E-state index in [0.717, 1.165) is 5.92 Å². The molecule has 0 radical (unpaired) electrons. The van der Waals surface area contributed by atoms with Gasteiger partial charge in [-0.25, -0.2) is 0 Å². The van der Waals surface area contributed by atoms with Crippen LogP contribution < -0.4 is 6.15 Å². The van der Waals surface area contributed by atoms with Gasteiger partial charge in [-0.3, -0.25) is 0 Å². The topological polar surface area (TPSA) is 35.0 Å². The SMILES string of the molecule is CCCCCCCCCCC(CCCCCCCC)C(Cl)(CCCCCCCC)CCCCCCCC.N. The summed E-state index contributed by atoms with van der Waals surface area (Å²) in [4.78, 5) is 0.0695. The summed E-state index contributed by atoms with van der Waals surface area (Å²) in [7, 11) is 0. The molecule has 0 aliphatic rings. The van der Waals surface area contributed by atoms with E-state index in [1.54, 1.807) is 0 Å². The Hall–Kier alpha value is 0.250. The molecule has 0 saturated heterocycles. The maximum atomic E-state index is 7.75. The molecule has 1 unspecified atom stereocenters. The minimum atomic E-state index is 0. The third-order valence-electron chi connectivity index (χ3n) is 8.94. The highest BCUT2D eigenvalue weighted by Gasteiger charge is 2.35. The minimum Gasteiger partial charge on any atom is -0.344 e. The zero-order chi connectivity index (χ0) is 27.3. The predicted molar refractivity (Wildman–Crippen MR) is 178 cm³/mol. The third-order valence-corrected chi connectivity index (χ3v) is 9.62. The summed E-state index contributed by atoms with van der Waals surface area (Å²) >= 11 is 7.75. The monoisotopic (exact) mass is 558 g/mol. The standard InChI is InChI=1S/C36H73Cl.H3N/c1-5-9-13-17-21-22-24-28-32-35(31-27-23-18-14-10-6-2)36(37,33-29-25-19-15-11-7-3)34-30-26-20-16-12-8-4;/h35H,5-34H2,1-4H3;1H3. The quantitative estimate of drug-likeness (QED) is 0.0667. The van der Waals surface area contributed by atoms with Crippen LogP contribution in [0.1, 0.15) is 220 Å². The van der Waals surface area contributed by atoms with Crippen molar-refractivity contribution in [3.05, 3.63) is 0 Å². The number of hydrogen-bond acceptors (Lipinski definition) is 1. The van der Waals surface area contributed by atoms with Gasteiger partial charge in [-0.05, 0) is 31.6 Å². The van der Waals surface area contributed by atoms with Crippen molar-refractivity contribution in [1.82, 2.24) is 6.15 Å². The Balaban J connectivity index is 0. The van der Waals surface area contributed by atoms with E-state index in [0.29, 0.717) is 0 Å². The zero-order valence-corrected chi connectivity index (χ0v) is 28.1. The van der Waals surface area contributed by atoms with Crippen molar-refractivity contribution >= 4 is 11.6 Å². The first-order chi connectivity index (χ1) is 18.1. The van der Waals surface area contributed by atoms with Gasteiger partial charge in [0.2, 0.25) is 0 Å². The van der Waals surface area contributed by atoms with Gasteiger partial charge in [0.05, 0.1) is 0 Å². The molecule has 0 fully saturated rings. The molecule has 0 saturated carbocycles. The summed E-state index contributed by atoms with van der Waals surface area (Å²) in [5.74, 6) is 0.742. The highest BCUT2D eigenvalue weighted by Crippen LogP contribution is 2.42. The summed E-state index contributed by atoms with van der Waals surface area (Å²) in [5, 5.41) is 0. The second-order valence-electron chi connectivity index (χ2n) is 12.6. The molecule has 1 atom stereocenters. The van der Waals surface area contributed by atoms with Crippen molar-refractivity contribution in [3.8, 4) is 0 Å². The van der Waals surface area contributed by atoms with E-state index in [4.69, 9.17) is 11.6 Å². The molecular weight excluding hydrogens is 482 g/mol. The molecule has 0 heterocycles. The summed E-state index contributed by atoms with van der Waals surface area (Å²) in [6.07, 6.45) is 41.8. The van der Waals surface area contributed by atoms with Crippen LogP contribution in [0.15, 0.2) is 0 Å². The number of alkyl halides is 1. The van der Waals surface area contributed by atoms with Gasteiger partial charge in [-0.2, -0.15) is 0 Å². The molecule has 0 aromatic carbocycles. The first kappa shape index (κ1) is 40.4. The van der Waals surface area contributed by atoms with Gasteiger partial charge < -0.3 is 6.15 Å². The Bertz CT molecular complexity index is 408. The van der Waals surface area contributed by atoms with Gasteiger partial charge in [0.15, 0.2) is 0 Å². The van der Waals surface area contributed by atoms with E-state index >= 15 is 0 Å². The molecule has 1 nitrogen and oxygen atoms in total. The molecule has 0 aromatic rings. The zero-order valence-electron chi connectivity index (χ0n) is 27.4. The molecule has 0 spiro atoms. The molecule has 3 N–H and O–H groups in total. The fourth-order valence-electron chi connectivity index (χ4n) is 6.29. The van der Waals surface area contributed by atoms with Crippen LogP contribution in [0.2, 0.25) is 0 Å². The summed E-state index contributed by atoms with van der Waals surface area (Å²) in [5.41, 5.74) is 0. The first-order valence-electron chi connectivity index (χ1n) is 17.8. The van der Waals surface area contributed by atoms with Crippen LogP contribution >= 0.6 is 11.6 Å². The molecule has 0 aromatic heterocycles. The predicted octanol–water partition coefficient (Wildman–Crippen LogP) is 14.5. The Morgan fingerprint density at radius 3 is 0.895 bits per heavy atom. The number of unbranched alkanes of at least 4 members (excludes halogenated alkanes) is 22. The van der Waals surface area contributed by atoms with Crippen LogP contribution in [0.5, 0.6) is 0 Å². The summed E-state index contributed by atoms with van der Waals surface area (Å²) < 4.78 is 0. The van der Waals surface area contributed by atoms with Crippen LogP contribution in [0.4, 0.5) is 0 Å². The van der Waals surface area contributed by atoms with Gasteiger partial charge in [0, 0.05) is 4.87 Å². The van der Waals surface area contributed by atoms with Crippen LogP contribution in [0, 0.1) is 5.92 Å². The maximum absolute atomic E-state index is 7.75. The Morgan fingerprint density at radius 2 is 0.605 bits per heavy atom. The average Bonchev–Trinajstić information content (AvgIpc) is 2.90. The largest absolute Gasteiger partial charge is 0.344 e. The van der Waals surface area contributed by atoms with Crippen molar-refractivity contribution < 1.29 is 0 Å². The number of rotatable bonds is 31. The molecule has 0 aliphatic carbocycles. The van der Waals surface area contributed by atoms with Crippen LogP contribution in [0.25, 0.3) is 0 Å². The van der Waals surface area contributed by atoms with Crippen LogP contribution in [0.3, 0.4) is 0 Å². The molecule has 38 heavy (non-hydrogen) atoms. The number of halogens is 1. The van der Waals surface area contributed by atoms with E-state index in [1.807, 2.05) is 0 Å². The molecule has 232 valence electrons. The molecule has 2 heteroatoms. The summed E-state index contributed by atoms with van der Waals surface area (Å²) in [6, 6.07) is 0. The van der Waals surface area contributed by atoms with Gasteiger partial charge in [-0.1, -0.05) is 195 Å². The fraction of sp³-hybridized carbons (Fsp3) is 1.00. The molecule has 0 bridgehead atoms. The molecule has 0 amide bonds. The third kappa shape index (κ3) is 25.2. The van der Waals surface area contributed by atoms with E-state index in [2.05, 4.69) is 27.7 Å². The van der Waals surface area contributed by atoms with E-state index in [9.17, 15) is 0 Å². The number of hydrogen-bond donors (Lipinski definition) is 1. The van der Waals surface area contributed by atoms with Crippen LogP contribution in [-0.2, 0) is 0 Å². The lowest BCUT2D eigenvalue weighted by atomic mass is 9.77. The minimum absolute atomic E-state index is 0. The van der Waals surface area contributed by atoms with Crippen LogP contribution in [-0.4, -0.2) is 4.87 Å². The average molecular weight is 558 g/mol. The fourth-order valence-corrected chi connectivity index (χ4v) is 6.77. The van der Waals surface area contributed by atoms with Crippen molar-refractivity contribution in [3.63, 3.8) is 0 Å². The van der Waals surface area contributed by atoms with Crippen molar-refractivity contribution in [2.75, 3.05) is 0 Å². The highest BCUT2D eigenvalue weighted by atomic mass is 35.5. The van der Waals surface area contributed by atoms with Gasteiger partial charge in [0.1, 0.15) is 0 Å². The van der Waals surface area contributed by atoms with Crippen molar-refractivity contribution in [2.24, 2.45) is 5.92 Å². The first-order valence-corrected chi connectivity index (χ1v) is 18.2. The lowest BCUT2D eigenvalue weighted by molar-refractivity contribution is 0.263. The lowest BCUT2D eigenvalue weighted by Crippen LogP contribution is -2.32. The smallest absolute Gasteiger partial charge is 0.0475 e. The second-order valence-corrected chi connectivity index (χ2v) is 13.3. The van der Waals surface area contributed by atoms with Crippen molar-refractivity contribution in [2.45, 2.75) is 225 Å². The summed E-state index contributed by atoms with van der Waals surface area (Å²) in [6.45, 7) is 9.29. The van der Waals surface area contributed by atoms with Crippen molar-refractivity contribution in [1.29, 1.82) is 0 Å². The normalized spacial score (nSPS) is 12.6. The van der Waals surface area contributed by atoms with Gasteiger partial charge in [0.25, 0.3) is 0 Å².